The van der Waals surface area contributed by atoms with Crippen molar-refractivity contribution >= 4 is 5.91 Å². The Labute approximate surface area is 184 Å². The molecule has 0 heterocycles. The normalized spacial score (nSPS) is 12.9. The van der Waals surface area contributed by atoms with E-state index >= 15 is 0 Å². The van der Waals surface area contributed by atoms with Crippen LogP contribution >= 0.6 is 0 Å². The van der Waals surface area contributed by atoms with Crippen LogP contribution in [0.25, 0.3) is 11.1 Å². The zero-order valence-electron chi connectivity index (χ0n) is 18.2. The van der Waals surface area contributed by atoms with E-state index in [1.807, 2.05) is 61.5 Å². The Bertz CT molecular complexity index is 975. The van der Waals surface area contributed by atoms with Crippen LogP contribution in [0.2, 0.25) is 0 Å². The van der Waals surface area contributed by atoms with E-state index in [9.17, 15) is 4.79 Å². The number of rotatable bonds is 10. The molecule has 0 aliphatic carbocycles. The minimum absolute atomic E-state index is 0.150. The fourth-order valence-electron chi connectivity index (χ4n) is 3.51. The Morgan fingerprint density at radius 3 is 2.39 bits per heavy atom. The summed E-state index contributed by atoms with van der Waals surface area (Å²) in [5.74, 6) is 5.37. The Kier molecular flexibility index (Phi) is 8.35. The van der Waals surface area contributed by atoms with Gasteiger partial charge in [-0.05, 0) is 47.7 Å². The van der Waals surface area contributed by atoms with Crippen molar-refractivity contribution in [3.8, 4) is 11.1 Å². The van der Waals surface area contributed by atoms with Crippen LogP contribution in [0.4, 0.5) is 0 Å². The molecule has 0 spiro atoms. The van der Waals surface area contributed by atoms with E-state index in [0.717, 1.165) is 17.5 Å². The molecule has 4 N–H and O–H groups in total. The predicted molar refractivity (Wildman–Crippen MR) is 125 cm³/mol. The van der Waals surface area contributed by atoms with Crippen LogP contribution < -0.4 is 16.5 Å². The highest BCUT2D eigenvalue weighted by Gasteiger charge is 2.20. The average molecular weight is 418 g/mol. The van der Waals surface area contributed by atoms with Gasteiger partial charge in [-0.1, -0.05) is 73.7 Å². The van der Waals surface area contributed by atoms with Crippen LogP contribution in [-0.4, -0.2) is 24.6 Å². The highest BCUT2D eigenvalue weighted by Crippen LogP contribution is 2.20. The summed E-state index contributed by atoms with van der Waals surface area (Å²) in [6.07, 6.45) is 0.660. The van der Waals surface area contributed by atoms with Crippen molar-refractivity contribution in [1.82, 2.24) is 10.6 Å². The van der Waals surface area contributed by atoms with Crippen LogP contribution in [0.1, 0.15) is 35.3 Å². The molecule has 3 aromatic rings. The maximum atomic E-state index is 12.8. The second kappa shape index (κ2) is 11.4. The lowest BCUT2D eigenvalue weighted by Crippen LogP contribution is -2.48. The number of aryl methyl sites for hydroxylation is 1. The summed E-state index contributed by atoms with van der Waals surface area (Å²) >= 11 is 0. The minimum atomic E-state index is -0.351. The molecule has 2 unspecified atom stereocenters. The molecule has 0 aliphatic rings. The lowest BCUT2D eigenvalue weighted by atomic mass is 10.0. The summed E-state index contributed by atoms with van der Waals surface area (Å²) in [6.45, 7) is 5.28. The number of hydrogen-bond donors (Lipinski definition) is 3. The number of nitrogens with two attached hydrogens (primary N) is 1. The quantitative estimate of drug-likeness (QED) is 0.435. The molecule has 31 heavy (non-hydrogen) atoms. The van der Waals surface area contributed by atoms with Gasteiger partial charge in [-0.2, -0.15) is 0 Å². The Morgan fingerprint density at radius 1 is 0.935 bits per heavy atom. The maximum absolute atomic E-state index is 12.8. The molecule has 1 amide bonds. The van der Waals surface area contributed by atoms with Gasteiger partial charge in [0.25, 0.3) is 5.91 Å². The molecule has 0 saturated carbocycles. The van der Waals surface area contributed by atoms with Gasteiger partial charge in [0.1, 0.15) is 6.10 Å². The van der Waals surface area contributed by atoms with E-state index < -0.39 is 0 Å². The highest BCUT2D eigenvalue weighted by atomic mass is 16.6. The van der Waals surface area contributed by atoms with Crippen molar-refractivity contribution < 1.29 is 9.63 Å². The lowest BCUT2D eigenvalue weighted by molar-refractivity contribution is 0.0292. The summed E-state index contributed by atoms with van der Waals surface area (Å²) in [5, 5.41) is 6.38. The number of hydrogen-bond acceptors (Lipinski definition) is 4. The zero-order chi connectivity index (χ0) is 22.1. The first-order chi connectivity index (χ1) is 15.1. The number of carbonyl (C=O) groups excluding carboxylic acids is 1. The van der Waals surface area contributed by atoms with Gasteiger partial charge in [-0.25, -0.2) is 5.90 Å². The second-order valence-electron chi connectivity index (χ2n) is 7.69. The molecule has 0 saturated heterocycles. The minimum Gasteiger partial charge on any atom is -0.347 e. The van der Waals surface area contributed by atoms with Gasteiger partial charge in [-0.15, -0.1) is 0 Å². The largest absolute Gasteiger partial charge is 0.347 e. The second-order valence-corrected chi connectivity index (χ2v) is 7.69. The number of carbonyl (C=O) groups is 1. The first kappa shape index (κ1) is 22.7. The number of benzene rings is 3. The summed E-state index contributed by atoms with van der Waals surface area (Å²) < 4.78 is 0. The van der Waals surface area contributed by atoms with Gasteiger partial charge in [0.15, 0.2) is 0 Å². The van der Waals surface area contributed by atoms with Gasteiger partial charge in [0, 0.05) is 18.7 Å². The van der Waals surface area contributed by atoms with Crippen molar-refractivity contribution in [2.24, 2.45) is 5.90 Å². The smallest absolute Gasteiger partial charge is 0.251 e. The summed E-state index contributed by atoms with van der Waals surface area (Å²) in [5.41, 5.74) is 5.20. The van der Waals surface area contributed by atoms with E-state index in [0.29, 0.717) is 18.7 Å². The van der Waals surface area contributed by atoms with Crippen molar-refractivity contribution in [2.45, 2.75) is 39.0 Å². The van der Waals surface area contributed by atoms with Crippen molar-refractivity contribution in [2.75, 3.05) is 6.54 Å². The first-order valence-electron chi connectivity index (χ1n) is 10.7. The van der Waals surface area contributed by atoms with Crippen LogP contribution in [0.5, 0.6) is 0 Å². The SMILES string of the molecule is CCc1cccc(CNCC(ON)C(C)NC(=O)c2cccc(-c3ccccc3)c2)c1. The van der Waals surface area contributed by atoms with Gasteiger partial charge < -0.3 is 10.6 Å². The molecular weight excluding hydrogens is 386 g/mol. The third kappa shape index (κ3) is 6.49. The monoisotopic (exact) mass is 417 g/mol. The van der Waals surface area contributed by atoms with Crippen molar-refractivity contribution in [3.05, 3.63) is 95.6 Å². The van der Waals surface area contributed by atoms with Gasteiger partial charge >= 0.3 is 0 Å². The predicted octanol–water partition coefficient (Wildman–Crippen LogP) is 4.08. The molecule has 0 aromatic heterocycles. The summed E-state index contributed by atoms with van der Waals surface area (Å²) in [4.78, 5) is 17.9. The molecule has 0 fully saturated rings. The molecular formula is C26H31N3O2. The van der Waals surface area contributed by atoms with E-state index in [2.05, 4.69) is 41.8 Å². The molecule has 162 valence electrons. The Balaban J connectivity index is 1.56. The fraction of sp³-hybridized carbons (Fsp3) is 0.269. The van der Waals surface area contributed by atoms with Gasteiger partial charge in [-0.3, -0.25) is 9.63 Å². The molecule has 5 nitrogen and oxygen atoms in total. The first-order valence-corrected chi connectivity index (χ1v) is 10.7. The van der Waals surface area contributed by atoms with E-state index in [1.54, 1.807) is 0 Å². The van der Waals surface area contributed by atoms with Crippen LogP contribution in [0.3, 0.4) is 0 Å². The molecule has 2 atom stereocenters. The van der Waals surface area contributed by atoms with Gasteiger partial charge in [0.2, 0.25) is 0 Å². The molecule has 0 radical (unpaired) electrons. The topological polar surface area (TPSA) is 76.4 Å². The van der Waals surface area contributed by atoms with Crippen molar-refractivity contribution in [3.63, 3.8) is 0 Å². The summed E-state index contributed by atoms with van der Waals surface area (Å²) in [7, 11) is 0. The van der Waals surface area contributed by atoms with E-state index in [-0.39, 0.29) is 18.1 Å². The zero-order valence-corrected chi connectivity index (χ0v) is 18.2. The molecule has 0 bridgehead atoms. The molecule has 0 aliphatic heterocycles. The fourth-order valence-corrected chi connectivity index (χ4v) is 3.51. The average Bonchev–Trinajstić information content (AvgIpc) is 2.82. The van der Waals surface area contributed by atoms with Crippen LogP contribution in [0, 0.1) is 0 Å². The summed E-state index contributed by atoms with van der Waals surface area (Å²) in [6, 6.07) is 25.8. The number of amides is 1. The molecule has 3 rings (SSSR count). The van der Waals surface area contributed by atoms with Gasteiger partial charge in [0.05, 0.1) is 6.04 Å². The molecule has 5 heteroatoms. The third-order valence-corrected chi connectivity index (χ3v) is 5.40. The Morgan fingerprint density at radius 2 is 1.65 bits per heavy atom. The maximum Gasteiger partial charge on any atom is 0.251 e. The highest BCUT2D eigenvalue weighted by molar-refractivity contribution is 5.95. The Hall–Kier alpha value is -2.99. The van der Waals surface area contributed by atoms with Crippen LogP contribution in [0.15, 0.2) is 78.9 Å². The lowest BCUT2D eigenvalue weighted by Gasteiger charge is -2.23. The van der Waals surface area contributed by atoms with Crippen molar-refractivity contribution in [1.29, 1.82) is 0 Å². The number of nitrogens with one attached hydrogen (secondary N) is 2. The molecule has 3 aromatic carbocycles. The standard InChI is InChI=1S/C26H31N3O2/c1-3-20-9-7-10-21(15-20)17-28-18-25(31-27)19(2)29-26(30)24-14-8-13-23(16-24)22-11-5-4-6-12-22/h4-16,19,25,28H,3,17-18,27H2,1-2H3,(H,29,30). The van der Waals surface area contributed by atoms with Crippen LogP contribution in [-0.2, 0) is 17.8 Å². The third-order valence-electron chi connectivity index (χ3n) is 5.40. The van der Waals surface area contributed by atoms with E-state index in [4.69, 9.17) is 10.7 Å². The van der Waals surface area contributed by atoms with E-state index in [1.165, 1.54) is 11.1 Å².